The molecule has 0 saturated carbocycles. The van der Waals surface area contributed by atoms with E-state index in [0.29, 0.717) is 19.7 Å². The highest BCUT2D eigenvalue weighted by Gasteiger charge is 2.54. The van der Waals surface area contributed by atoms with Crippen LogP contribution in [-0.2, 0) is 15.1 Å². The number of hydroxylamine groups is 1. The van der Waals surface area contributed by atoms with E-state index in [2.05, 4.69) is 9.85 Å². The highest BCUT2D eigenvalue weighted by atomic mass is 32.1. The van der Waals surface area contributed by atoms with Crippen molar-refractivity contribution in [3.05, 3.63) is 17.1 Å². The first kappa shape index (κ1) is 13.8. The maximum Gasteiger partial charge on any atom is 0.410 e. The van der Waals surface area contributed by atoms with Crippen LogP contribution in [-0.4, -0.2) is 40.7 Å². The van der Waals surface area contributed by atoms with Gasteiger partial charge in [0.05, 0.1) is 6.61 Å². The molecule has 0 aromatic carbocycles. The zero-order valence-electron chi connectivity index (χ0n) is 11.9. The molecule has 3 rings (SSSR count). The Labute approximate surface area is 122 Å². The molecule has 2 aliphatic rings. The van der Waals surface area contributed by atoms with E-state index in [-0.39, 0.29) is 17.6 Å². The lowest BCUT2D eigenvalue weighted by atomic mass is 9.88. The topological polar surface area (TPSA) is 63.7 Å². The van der Waals surface area contributed by atoms with Crippen LogP contribution < -0.4 is 5.48 Å². The maximum atomic E-state index is 12.2. The predicted molar refractivity (Wildman–Crippen MR) is 74.2 cm³/mol. The minimum absolute atomic E-state index is 0.232. The van der Waals surface area contributed by atoms with Gasteiger partial charge in [0.1, 0.15) is 11.1 Å². The number of hydrogen-bond donors (Lipinski definition) is 1. The van der Waals surface area contributed by atoms with Crippen LogP contribution in [0.15, 0.2) is 12.3 Å². The number of nitrogens with one attached hydrogen (secondary N) is 1. The highest BCUT2D eigenvalue weighted by Crippen LogP contribution is 2.42. The van der Waals surface area contributed by atoms with Gasteiger partial charge in [0, 0.05) is 30.1 Å². The molecule has 0 radical (unpaired) electrons. The van der Waals surface area contributed by atoms with Crippen LogP contribution in [0.2, 0.25) is 0 Å². The molecule has 0 aliphatic carbocycles. The van der Waals surface area contributed by atoms with Gasteiger partial charge in [-0.1, -0.05) is 0 Å². The summed E-state index contributed by atoms with van der Waals surface area (Å²) in [5, 5.41) is 0. The zero-order valence-corrected chi connectivity index (χ0v) is 12.7. The third-order valence-electron chi connectivity index (χ3n) is 3.65. The van der Waals surface area contributed by atoms with E-state index in [0.717, 1.165) is 4.88 Å². The summed E-state index contributed by atoms with van der Waals surface area (Å²) >= 11 is 1.44. The van der Waals surface area contributed by atoms with Gasteiger partial charge >= 0.3 is 6.09 Å². The number of aromatic nitrogens is 1. The number of amides is 1. The van der Waals surface area contributed by atoms with Gasteiger partial charge in [-0.05, 0) is 38.4 Å². The Morgan fingerprint density at radius 2 is 2.45 bits per heavy atom. The molecule has 2 saturated heterocycles. The largest absolute Gasteiger partial charge is 0.444 e. The minimum atomic E-state index is -0.476. The van der Waals surface area contributed by atoms with Gasteiger partial charge in [0.25, 0.3) is 0 Å². The predicted octanol–water partition coefficient (Wildman–Crippen LogP) is 1.74. The van der Waals surface area contributed by atoms with Crippen molar-refractivity contribution in [1.82, 2.24) is 14.8 Å². The summed E-state index contributed by atoms with van der Waals surface area (Å²) < 4.78 is 9.62. The monoisotopic (exact) mass is 297 g/mol. The molecule has 1 N–H and O–H groups in total. The average Bonchev–Trinajstić information content (AvgIpc) is 3.01. The molecular formula is C13H19N3O3S. The van der Waals surface area contributed by atoms with Gasteiger partial charge in [0.2, 0.25) is 0 Å². The van der Waals surface area contributed by atoms with Crippen LogP contribution in [0, 0.1) is 5.92 Å². The smallest absolute Gasteiger partial charge is 0.410 e. The molecule has 2 aliphatic heterocycles. The number of fused-ring (bicyclic) bond motifs is 1. The molecule has 0 bridgehead atoms. The van der Waals surface area contributed by atoms with Crippen molar-refractivity contribution < 1.29 is 14.4 Å². The molecule has 2 fully saturated rings. The molecule has 20 heavy (non-hydrogen) atoms. The number of rotatable bonds is 1. The van der Waals surface area contributed by atoms with Gasteiger partial charge in [-0.25, -0.2) is 9.17 Å². The van der Waals surface area contributed by atoms with Crippen LogP contribution in [0.1, 0.15) is 25.6 Å². The second-order valence-electron chi connectivity index (χ2n) is 6.32. The number of nitrogens with zero attached hydrogens (tertiary/aromatic N) is 2. The Morgan fingerprint density at radius 3 is 3.10 bits per heavy atom. The van der Waals surface area contributed by atoms with E-state index in [4.69, 9.17) is 9.57 Å². The van der Waals surface area contributed by atoms with Crippen LogP contribution in [0.5, 0.6) is 0 Å². The van der Waals surface area contributed by atoms with Crippen LogP contribution in [0.25, 0.3) is 0 Å². The highest BCUT2D eigenvalue weighted by molar-refractivity contribution is 7.05. The fourth-order valence-electron chi connectivity index (χ4n) is 2.74. The Kier molecular flexibility index (Phi) is 3.23. The lowest BCUT2D eigenvalue weighted by Crippen LogP contribution is -2.44. The molecule has 110 valence electrons. The van der Waals surface area contributed by atoms with Gasteiger partial charge in [-0.2, -0.15) is 5.48 Å². The summed E-state index contributed by atoms with van der Waals surface area (Å²) in [7, 11) is 0. The van der Waals surface area contributed by atoms with Crippen molar-refractivity contribution in [3.8, 4) is 0 Å². The van der Waals surface area contributed by atoms with Crippen LogP contribution in [0.3, 0.4) is 0 Å². The first-order valence-corrected chi connectivity index (χ1v) is 7.46. The summed E-state index contributed by atoms with van der Waals surface area (Å²) in [6.45, 7) is 7.41. The van der Waals surface area contributed by atoms with Crippen LogP contribution >= 0.6 is 11.5 Å². The van der Waals surface area contributed by atoms with Crippen molar-refractivity contribution in [3.63, 3.8) is 0 Å². The Morgan fingerprint density at radius 1 is 1.65 bits per heavy atom. The maximum absolute atomic E-state index is 12.2. The van der Waals surface area contributed by atoms with Crippen molar-refractivity contribution >= 4 is 17.6 Å². The molecule has 3 heterocycles. The molecule has 2 atom stereocenters. The van der Waals surface area contributed by atoms with Crippen molar-refractivity contribution in [2.75, 3.05) is 19.7 Å². The lowest BCUT2D eigenvalue weighted by Gasteiger charge is -2.27. The third-order valence-corrected chi connectivity index (χ3v) is 4.57. The molecule has 0 spiro atoms. The lowest BCUT2D eigenvalue weighted by molar-refractivity contribution is 0.0155. The Balaban J connectivity index is 1.79. The number of likely N-dealkylation sites (tertiary alicyclic amines) is 1. The molecule has 7 heteroatoms. The molecule has 1 aromatic heterocycles. The number of ether oxygens (including phenoxy) is 1. The van der Waals surface area contributed by atoms with Crippen LogP contribution in [0.4, 0.5) is 4.79 Å². The Hall–Kier alpha value is -1.18. The average molecular weight is 297 g/mol. The fourth-order valence-corrected chi connectivity index (χ4v) is 3.53. The van der Waals surface area contributed by atoms with E-state index in [1.165, 1.54) is 11.5 Å². The quantitative estimate of drug-likeness (QED) is 0.855. The Bertz CT molecular complexity index is 499. The van der Waals surface area contributed by atoms with E-state index in [1.54, 1.807) is 11.1 Å². The van der Waals surface area contributed by atoms with Gasteiger partial charge < -0.3 is 14.5 Å². The normalized spacial score (nSPS) is 29.6. The molecule has 2 unspecified atom stereocenters. The third kappa shape index (κ3) is 2.30. The summed E-state index contributed by atoms with van der Waals surface area (Å²) in [5.74, 6) is 0.232. The van der Waals surface area contributed by atoms with Gasteiger partial charge in [0.15, 0.2) is 0 Å². The summed E-state index contributed by atoms with van der Waals surface area (Å²) in [5.41, 5.74) is 2.29. The second kappa shape index (κ2) is 4.68. The second-order valence-corrected chi connectivity index (χ2v) is 7.15. The van der Waals surface area contributed by atoms with Gasteiger partial charge in [-0.3, -0.25) is 0 Å². The van der Waals surface area contributed by atoms with Crippen molar-refractivity contribution in [1.29, 1.82) is 0 Å². The van der Waals surface area contributed by atoms with E-state index in [9.17, 15) is 4.79 Å². The summed E-state index contributed by atoms with van der Waals surface area (Å²) in [6, 6.07) is 1.98. The molecular weight excluding hydrogens is 278 g/mol. The van der Waals surface area contributed by atoms with Gasteiger partial charge in [-0.15, -0.1) is 0 Å². The number of carbonyl (C=O) groups excluding carboxylic acids is 1. The van der Waals surface area contributed by atoms with E-state index >= 15 is 0 Å². The van der Waals surface area contributed by atoms with E-state index < -0.39 is 5.60 Å². The molecule has 6 nitrogen and oxygen atoms in total. The van der Waals surface area contributed by atoms with E-state index in [1.807, 2.05) is 26.8 Å². The fraction of sp³-hybridized carbons (Fsp3) is 0.692. The first-order chi connectivity index (χ1) is 9.41. The molecule has 1 amide bonds. The SMILES string of the molecule is CC(C)(C)OC(=O)N1CC2CONC2(c2ccns2)C1. The zero-order chi connectivity index (χ0) is 14.4. The first-order valence-electron chi connectivity index (χ1n) is 6.69. The van der Waals surface area contributed by atoms with Crippen molar-refractivity contribution in [2.24, 2.45) is 5.92 Å². The minimum Gasteiger partial charge on any atom is -0.444 e. The number of carbonyl (C=O) groups is 1. The summed E-state index contributed by atoms with van der Waals surface area (Å²) in [4.78, 5) is 20.5. The standard InChI is InChI=1S/C13H19N3O3S/c1-12(2,3)19-11(17)16-6-9-7-18-15-13(9,8-16)10-4-5-14-20-10/h4-5,9,15H,6-8H2,1-3H3. The molecule has 1 aromatic rings. The number of hydrogen-bond acceptors (Lipinski definition) is 6. The summed E-state index contributed by atoms with van der Waals surface area (Å²) in [6.07, 6.45) is 1.51. The van der Waals surface area contributed by atoms with Crippen molar-refractivity contribution in [2.45, 2.75) is 31.9 Å².